The van der Waals surface area contributed by atoms with Crippen molar-refractivity contribution in [1.29, 1.82) is 0 Å². The zero-order valence-electron chi connectivity index (χ0n) is 7.93. The van der Waals surface area contributed by atoms with Crippen molar-refractivity contribution in [2.75, 3.05) is 7.11 Å². The van der Waals surface area contributed by atoms with Crippen molar-refractivity contribution in [2.24, 2.45) is 11.3 Å². The summed E-state index contributed by atoms with van der Waals surface area (Å²) in [6.45, 7) is 0. The third-order valence-corrected chi connectivity index (χ3v) is 3.77. The van der Waals surface area contributed by atoms with Crippen LogP contribution in [-0.4, -0.2) is 18.6 Å². The predicted octanol–water partition coefficient (Wildman–Crippen LogP) is 0.326. The standard InChI is InChI=1S/C9H16N2O2/c1-13-7(12)8-2-4-9(6-8,11-10)5-3-8/h11H,2-6,10H2,1H3. The van der Waals surface area contributed by atoms with Crippen LogP contribution in [0.5, 0.6) is 0 Å². The fourth-order valence-electron chi connectivity index (χ4n) is 2.90. The van der Waals surface area contributed by atoms with Crippen LogP contribution in [0.25, 0.3) is 0 Å². The van der Waals surface area contributed by atoms with Gasteiger partial charge in [0.1, 0.15) is 0 Å². The molecule has 0 amide bonds. The van der Waals surface area contributed by atoms with Crippen molar-refractivity contribution in [2.45, 2.75) is 37.6 Å². The zero-order valence-corrected chi connectivity index (χ0v) is 7.93. The first-order valence-corrected chi connectivity index (χ1v) is 4.73. The third-order valence-electron chi connectivity index (χ3n) is 3.77. The van der Waals surface area contributed by atoms with Crippen LogP contribution in [0.2, 0.25) is 0 Å². The van der Waals surface area contributed by atoms with E-state index in [-0.39, 0.29) is 16.9 Å². The van der Waals surface area contributed by atoms with Gasteiger partial charge in [-0.05, 0) is 32.1 Å². The van der Waals surface area contributed by atoms with Gasteiger partial charge in [-0.3, -0.25) is 16.1 Å². The highest BCUT2D eigenvalue weighted by molar-refractivity contribution is 5.78. The van der Waals surface area contributed by atoms with E-state index in [4.69, 9.17) is 10.6 Å². The van der Waals surface area contributed by atoms with Gasteiger partial charge in [0.05, 0.1) is 12.5 Å². The summed E-state index contributed by atoms with van der Waals surface area (Å²) in [6, 6.07) is 0. The van der Waals surface area contributed by atoms with Crippen LogP contribution in [0.15, 0.2) is 0 Å². The summed E-state index contributed by atoms with van der Waals surface area (Å²) in [7, 11) is 1.46. The van der Waals surface area contributed by atoms with Crippen LogP contribution in [0.3, 0.4) is 0 Å². The molecule has 4 heteroatoms. The van der Waals surface area contributed by atoms with Crippen molar-refractivity contribution in [1.82, 2.24) is 5.43 Å². The molecule has 0 atom stereocenters. The van der Waals surface area contributed by atoms with Crippen LogP contribution in [0.1, 0.15) is 32.1 Å². The quantitative estimate of drug-likeness (QED) is 0.368. The van der Waals surface area contributed by atoms with Gasteiger partial charge in [-0.25, -0.2) is 0 Å². The number of hydrogen-bond donors (Lipinski definition) is 2. The maximum absolute atomic E-state index is 11.6. The number of ether oxygens (including phenoxy) is 1. The Labute approximate surface area is 77.8 Å². The van der Waals surface area contributed by atoms with Gasteiger partial charge in [0.2, 0.25) is 0 Å². The maximum atomic E-state index is 11.6. The van der Waals surface area contributed by atoms with E-state index in [1.54, 1.807) is 0 Å². The number of esters is 1. The molecule has 0 aliphatic heterocycles. The molecule has 2 aliphatic rings. The Hall–Kier alpha value is -0.610. The molecule has 2 aliphatic carbocycles. The molecule has 0 aromatic rings. The molecule has 0 aromatic heterocycles. The highest BCUT2D eigenvalue weighted by atomic mass is 16.5. The number of carbonyl (C=O) groups is 1. The van der Waals surface area contributed by atoms with E-state index < -0.39 is 0 Å². The van der Waals surface area contributed by atoms with E-state index in [2.05, 4.69) is 5.43 Å². The lowest BCUT2D eigenvalue weighted by molar-refractivity contribution is -0.152. The Morgan fingerprint density at radius 2 is 2.00 bits per heavy atom. The summed E-state index contributed by atoms with van der Waals surface area (Å²) in [4.78, 5) is 11.6. The molecule has 2 fully saturated rings. The number of hydrazine groups is 1. The predicted molar refractivity (Wildman–Crippen MR) is 47.6 cm³/mol. The van der Waals surface area contributed by atoms with Crippen molar-refractivity contribution >= 4 is 5.97 Å². The van der Waals surface area contributed by atoms with E-state index in [1.165, 1.54) is 7.11 Å². The van der Waals surface area contributed by atoms with E-state index in [0.717, 1.165) is 32.1 Å². The molecule has 0 unspecified atom stereocenters. The summed E-state index contributed by atoms with van der Waals surface area (Å²) < 4.78 is 4.84. The number of methoxy groups -OCH3 is 1. The molecule has 13 heavy (non-hydrogen) atoms. The van der Waals surface area contributed by atoms with Crippen LogP contribution >= 0.6 is 0 Å². The zero-order chi connectivity index (χ0) is 9.53. The lowest BCUT2D eigenvalue weighted by atomic mass is 9.84. The maximum Gasteiger partial charge on any atom is 0.311 e. The summed E-state index contributed by atoms with van der Waals surface area (Å²) >= 11 is 0. The Balaban J connectivity index is 2.18. The fraction of sp³-hybridized carbons (Fsp3) is 0.889. The minimum absolute atomic E-state index is 0.0220. The molecule has 0 spiro atoms. The summed E-state index contributed by atoms with van der Waals surface area (Å²) in [5.41, 5.74) is 2.67. The number of fused-ring (bicyclic) bond motifs is 2. The van der Waals surface area contributed by atoms with Crippen LogP contribution < -0.4 is 11.3 Å². The highest BCUT2D eigenvalue weighted by Gasteiger charge is 2.58. The first kappa shape index (κ1) is 8.97. The van der Waals surface area contributed by atoms with Crippen LogP contribution in [0, 0.1) is 5.41 Å². The molecular formula is C9H16N2O2. The van der Waals surface area contributed by atoms with Gasteiger partial charge in [-0.15, -0.1) is 0 Å². The molecule has 4 nitrogen and oxygen atoms in total. The van der Waals surface area contributed by atoms with Crippen LogP contribution in [-0.2, 0) is 9.53 Å². The number of nitrogens with one attached hydrogen (secondary N) is 1. The highest BCUT2D eigenvalue weighted by Crippen LogP contribution is 2.56. The second-order valence-corrected chi connectivity index (χ2v) is 4.37. The van der Waals surface area contributed by atoms with E-state index in [0.29, 0.717) is 0 Å². The third kappa shape index (κ3) is 1.09. The van der Waals surface area contributed by atoms with Gasteiger partial charge in [0, 0.05) is 5.54 Å². The lowest BCUT2D eigenvalue weighted by Gasteiger charge is -2.25. The van der Waals surface area contributed by atoms with Crippen LogP contribution in [0.4, 0.5) is 0 Å². The Morgan fingerprint density at radius 3 is 2.38 bits per heavy atom. The van der Waals surface area contributed by atoms with Gasteiger partial charge in [0.15, 0.2) is 0 Å². The molecule has 0 heterocycles. The minimum atomic E-state index is -0.221. The molecule has 74 valence electrons. The minimum Gasteiger partial charge on any atom is -0.469 e. The molecule has 2 bridgehead atoms. The lowest BCUT2D eigenvalue weighted by Crippen LogP contribution is -2.45. The smallest absolute Gasteiger partial charge is 0.311 e. The molecule has 0 radical (unpaired) electrons. The van der Waals surface area contributed by atoms with Crippen molar-refractivity contribution < 1.29 is 9.53 Å². The van der Waals surface area contributed by atoms with E-state index >= 15 is 0 Å². The number of rotatable bonds is 2. The fourth-order valence-corrected chi connectivity index (χ4v) is 2.90. The molecule has 0 saturated heterocycles. The SMILES string of the molecule is COC(=O)C12CCC(NN)(CC1)C2. The summed E-state index contributed by atoms with van der Waals surface area (Å²) in [6.07, 6.45) is 4.69. The average Bonchev–Trinajstić information content (AvgIpc) is 2.74. The number of carbonyl (C=O) groups excluding carboxylic acids is 1. The Bertz CT molecular complexity index is 232. The molecular weight excluding hydrogens is 168 g/mol. The van der Waals surface area contributed by atoms with Crippen molar-refractivity contribution in [3.8, 4) is 0 Å². The monoisotopic (exact) mass is 184 g/mol. The topological polar surface area (TPSA) is 64.3 Å². The molecule has 3 N–H and O–H groups in total. The summed E-state index contributed by atoms with van der Waals surface area (Å²) in [5.74, 6) is 5.45. The second-order valence-electron chi connectivity index (χ2n) is 4.37. The molecule has 0 aromatic carbocycles. The Morgan fingerprint density at radius 1 is 1.38 bits per heavy atom. The van der Waals surface area contributed by atoms with E-state index in [1.807, 2.05) is 0 Å². The van der Waals surface area contributed by atoms with Gasteiger partial charge >= 0.3 is 5.97 Å². The van der Waals surface area contributed by atoms with Gasteiger partial charge in [0.25, 0.3) is 0 Å². The largest absolute Gasteiger partial charge is 0.469 e. The van der Waals surface area contributed by atoms with Gasteiger partial charge < -0.3 is 4.74 Å². The van der Waals surface area contributed by atoms with Gasteiger partial charge in [-0.1, -0.05) is 0 Å². The van der Waals surface area contributed by atoms with E-state index in [9.17, 15) is 4.79 Å². The Kier molecular flexibility index (Phi) is 1.85. The molecule has 2 saturated carbocycles. The molecule has 2 rings (SSSR count). The number of nitrogens with two attached hydrogens (primary N) is 1. The first-order valence-electron chi connectivity index (χ1n) is 4.73. The second kappa shape index (κ2) is 2.69. The average molecular weight is 184 g/mol. The normalized spacial score (nSPS) is 42.3. The van der Waals surface area contributed by atoms with Crippen molar-refractivity contribution in [3.63, 3.8) is 0 Å². The number of hydrogen-bond acceptors (Lipinski definition) is 4. The van der Waals surface area contributed by atoms with Gasteiger partial charge in [-0.2, -0.15) is 0 Å². The van der Waals surface area contributed by atoms with Crippen molar-refractivity contribution in [3.05, 3.63) is 0 Å². The first-order chi connectivity index (χ1) is 6.16. The summed E-state index contributed by atoms with van der Waals surface area (Å²) in [5, 5.41) is 0.